The number of ether oxygens (including phenoxy) is 1. The molecule has 1 N–H and O–H groups in total. The number of nitrogens with zero attached hydrogens (tertiary/aromatic N) is 2. The van der Waals surface area contributed by atoms with Crippen LogP contribution in [0, 0.1) is 0 Å². The van der Waals surface area contributed by atoms with Gasteiger partial charge in [-0.05, 0) is 42.8 Å². The summed E-state index contributed by atoms with van der Waals surface area (Å²) in [6, 6.07) is 13.5. The van der Waals surface area contributed by atoms with E-state index in [4.69, 9.17) is 16.3 Å². The molecule has 0 fully saturated rings. The van der Waals surface area contributed by atoms with Crippen molar-refractivity contribution in [3.8, 4) is 5.75 Å². The Morgan fingerprint density at radius 3 is 2.44 bits per heavy atom. The normalized spacial score (nSPS) is 19.7. The highest BCUT2D eigenvalue weighted by Gasteiger charge is 2.45. The summed E-state index contributed by atoms with van der Waals surface area (Å²) < 4.78 is 5.16. The molecule has 2 aromatic carbocycles. The highest BCUT2D eigenvalue weighted by molar-refractivity contribution is 6.30. The topological polar surface area (TPSA) is 62.1 Å². The molecule has 0 radical (unpaired) electrons. The first kappa shape index (κ1) is 17.5. The summed E-state index contributed by atoms with van der Waals surface area (Å²) in [6.07, 6.45) is 0.929. The quantitative estimate of drug-likeness (QED) is 0.904. The van der Waals surface area contributed by atoms with Gasteiger partial charge in [-0.15, -0.1) is 0 Å². The predicted molar refractivity (Wildman–Crippen MR) is 96.9 cm³/mol. The lowest BCUT2D eigenvalue weighted by molar-refractivity contribution is -0.0765. The fraction of sp³-hybridized carbons (Fsp3) is 0.263. The fourth-order valence-electron chi connectivity index (χ4n) is 2.83. The zero-order valence-electron chi connectivity index (χ0n) is 14.1. The second-order valence-electron chi connectivity index (χ2n) is 5.87. The van der Waals surface area contributed by atoms with Crippen LogP contribution in [-0.4, -0.2) is 28.8 Å². The number of carbonyl (C=O) groups is 1. The summed E-state index contributed by atoms with van der Waals surface area (Å²) in [4.78, 5) is 12.9. The van der Waals surface area contributed by atoms with Crippen LogP contribution in [0.5, 0.6) is 5.75 Å². The Hall–Kier alpha value is -2.37. The van der Waals surface area contributed by atoms with Crippen LogP contribution >= 0.6 is 11.6 Å². The summed E-state index contributed by atoms with van der Waals surface area (Å²) >= 11 is 5.89. The van der Waals surface area contributed by atoms with E-state index in [-0.39, 0.29) is 12.3 Å². The predicted octanol–water partition coefficient (Wildman–Crippen LogP) is 3.81. The maximum atomic E-state index is 12.9. The molecule has 0 saturated heterocycles. The molecular formula is C19H19ClN2O3. The van der Waals surface area contributed by atoms with Gasteiger partial charge in [-0.3, -0.25) is 4.79 Å². The molecule has 1 aliphatic rings. The van der Waals surface area contributed by atoms with Gasteiger partial charge in [0.25, 0.3) is 5.91 Å². The molecule has 2 aromatic rings. The van der Waals surface area contributed by atoms with Gasteiger partial charge in [-0.2, -0.15) is 10.1 Å². The Kier molecular flexibility index (Phi) is 4.79. The van der Waals surface area contributed by atoms with E-state index in [0.29, 0.717) is 28.3 Å². The zero-order chi connectivity index (χ0) is 18.0. The maximum Gasteiger partial charge on any atom is 0.276 e. The summed E-state index contributed by atoms with van der Waals surface area (Å²) in [5.74, 6) is 0.302. The second kappa shape index (κ2) is 6.86. The lowest BCUT2D eigenvalue weighted by atomic mass is 9.96. The molecule has 0 aromatic heterocycles. The largest absolute Gasteiger partial charge is 0.497 e. The third-order valence-corrected chi connectivity index (χ3v) is 4.54. The maximum absolute atomic E-state index is 12.9. The molecule has 0 saturated carbocycles. The van der Waals surface area contributed by atoms with Crippen LogP contribution < -0.4 is 4.74 Å². The molecule has 0 unspecified atom stereocenters. The number of methoxy groups -OCH3 is 1. The van der Waals surface area contributed by atoms with E-state index in [1.165, 1.54) is 0 Å². The summed E-state index contributed by atoms with van der Waals surface area (Å²) in [7, 11) is 1.58. The number of benzene rings is 2. The van der Waals surface area contributed by atoms with E-state index >= 15 is 0 Å². The van der Waals surface area contributed by atoms with Gasteiger partial charge in [0, 0.05) is 28.3 Å². The molecule has 3 rings (SSSR count). The van der Waals surface area contributed by atoms with Crippen LogP contribution in [0.1, 0.15) is 35.7 Å². The Bertz CT molecular complexity index is 802. The Morgan fingerprint density at radius 2 is 1.88 bits per heavy atom. The summed E-state index contributed by atoms with van der Waals surface area (Å²) in [5.41, 5.74) is 0.245. The lowest BCUT2D eigenvalue weighted by Gasteiger charge is -2.31. The lowest BCUT2D eigenvalue weighted by Crippen LogP contribution is -2.43. The van der Waals surface area contributed by atoms with Gasteiger partial charge in [-0.25, -0.2) is 0 Å². The van der Waals surface area contributed by atoms with Crippen LogP contribution in [0.2, 0.25) is 5.02 Å². The number of hydrogen-bond acceptors (Lipinski definition) is 4. The van der Waals surface area contributed by atoms with E-state index < -0.39 is 5.72 Å². The van der Waals surface area contributed by atoms with Gasteiger partial charge in [0.1, 0.15) is 5.75 Å². The molecule has 130 valence electrons. The van der Waals surface area contributed by atoms with Crippen LogP contribution in [0.25, 0.3) is 0 Å². The van der Waals surface area contributed by atoms with Crippen molar-refractivity contribution in [2.45, 2.75) is 25.5 Å². The van der Waals surface area contributed by atoms with Crippen molar-refractivity contribution in [2.24, 2.45) is 5.10 Å². The van der Waals surface area contributed by atoms with Gasteiger partial charge in [-0.1, -0.05) is 30.7 Å². The van der Waals surface area contributed by atoms with Crippen LogP contribution in [-0.2, 0) is 5.72 Å². The Morgan fingerprint density at radius 1 is 1.24 bits per heavy atom. The number of aliphatic hydroxyl groups is 1. The molecule has 1 aliphatic heterocycles. The van der Waals surface area contributed by atoms with E-state index in [9.17, 15) is 9.90 Å². The second-order valence-corrected chi connectivity index (χ2v) is 6.30. The molecule has 1 amide bonds. The highest BCUT2D eigenvalue weighted by Crippen LogP contribution is 2.37. The van der Waals surface area contributed by atoms with Crippen molar-refractivity contribution in [1.82, 2.24) is 5.01 Å². The number of rotatable bonds is 4. The van der Waals surface area contributed by atoms with Crippen molar-refractivity contribution < 1.29 is 14.6 Å². The van der Waals surface area contributed by atoms with Gasteiger partial charge < -0.3 is 9.84 Å². The first-order valence-electron chi connectivity index (χ1n) is 8.01. The summed E-state index contributed by atoms with van der Waals surface area (Å²) in [6.45, 7) is 1.95. The smallest absolute Gasteiger partial charge is 0.276 e. The number of carbonyl (C=O) groups excluding carboxylic acids is 1. The standard InChI is InChI=1S/C19H19ClN2O3/c1-3-16-12-19(24,14-6-10-17(25-2)11-7-14)22(21-16)18(23)13-4-8-15(20)9-5-13/h4-11,24H,3,12H2,1-2H3/t19-/m0/s1. The zero-order valence-corrected chi connectivity index (χ0v) is 14.8. The molecule has 1 heterocycles. The van der Waals surface area contributed by atoms with Gasteiger partial charge in [0.2, 0.25) is 0 Å². The number of hydrogen-bond donors (Lipinski definition) is 1. The minimum Gasteiger partial charge on any atom is -0.497 e. The van der Waals surface area contributed by atoms with Crippen LogP contribution in [0.15, 0.2) is 53.6 Å². The van der Waals surface area contributed by atoms with Crippen LogP contribution in [0.4, 0.5) is 0 Å². The van der Waals surface area contributed by atoms with Gasteiger partial charge in [0.15, 0.2) is 5.72 Å². The number of hydrazone groups is 1. The van der Waals surface area contributed by atoms with E-state index in [1.807, 2.05) is 6.92 Å². The van der Waals surface area contributed by atoms with E-state index in [0.717, 1.165) is 10.7 Å². The molecule has 5 nitrogen and oxygen atoms in total. The third kappa shape index (κ3) is 3.25. The Balaban J connectivity index is 1.99. The monoisotopic (exact) mass is 358 g/mol. The molecule has 0 bridgehead atoms. The molecule has 0 aliphatic carbocycles. The average molecular weight is 359 g/mol. The molecular weight excluding hydrogens is 340 g/mol. The van der Waals surface area contributed by atoms with Crippen molar-refractivity contribution in [3.05, 3.63) is 64.7 Å². The van der Waals surface area contributed by atoms with E-state index in [1.54, 1.807) is 55.6 Å². The minimum absolute atomic E-state index is 0.273. The Labute approximate surface area is 151 Å². The van der Waals surface area contributed by atoms with Crippen molar-refractivity contribution in [2.75, 3.05) is 7.11 Å². The highest BCUT2D eigenvalue weighted by atomic mass is 35.5. The van der Waals surface area contributed by atoms with Crippen LogP contribution in [0.3, 0.4) is 0 Å². The summed E-state index contributed by atoms with van der Waals surface area (Å²) in [5, 5.41) is 17.4. The first-order valence-corrected chi connectivity index (χ1v) is 8.39. The number of halogens is 1. The molecule has 6 heteroatoms. The van der Waals surface area contributed by atoms with Crippen molar-refractivity contribution >= 4 is 23.2 Å². The fourth-order valence-corrected chi connectivity index (χ4v) is 2.95. The van der Waals surface area contributed by atoms with Crippen molar-refractivity contribution in [1.29, 1.82) is 0 Å². The van der Waals surface area contributed by atoms with Gasteiger partial charge >= 0.3 is 0 Å². The average Bonchev–Trinajstić information content (AvgIpc) is 3.00. The molecule has 1 atom stereocenters. The SMILES string of the molecule is CCC1=NN(C(=O)c2ccc(Cl)cc2)[C@@](O)(c2ccc(OC)cc2)C1. The third-order valence-electron chi connectivity index (χ3n) is 4.29. The van der Waals surface area contributed by atoms with Crippen molar-refractivity contribution in [3.63, 3.8) is 0 Å². The first-order chi connectivity index (χ1) is 12.0. The minimum atomic E-state index is -1.52. The number of amides is 1. The molecule has 25 heavy (non-hydrogen) atoms. The molecule has 0 spiro atoms. The van der Waals surface area contributed by atoms with E-state index in [2.05, 4.69) is 5.10 Å². The van der Waals surface area contributed by atoms with Gasteiger partial charge in [0.05, 0.1) is 7.11 Å².